The van der Waals surface area contributed by atoms with Gasteiger partial charge in [0.15, 0.2) is 0 Å². The van der Waals surface area contributed by atoms with Crippen molar-refractivity contribution in [1.82, 2.24) is 5.32 Å². The third-order valence-corrected chi connectivity index (χ3v) is 3.80. The molecule has 2 amide bonds. The maximum atomic E-state index is 13.5. The van der Waals surface area contributed by atoms with Gasteiger partial charge in [0, 0.05) is 12.6 Å². The van der Waals surface area contributed by atoms with Gasteiger partial charge in [0.2, 0.25) is 0 Å². The van der Waals surface area contributed by atoms with Gasteiger partial charge in [0.1, 0.15) is 11.6 Å². The lowest BCUT2D eigenvalue weighted by atomic mass is 9.88. The quantitative estimate of drug-likeness (QED) is 0.701. The van der Waals surface area contributed by atoms with Crippen molar-refractivity contribution in [3.05, 3.63) is 28.2 Å². The van der Waals surface area contributed by atoms with Crippen LogP contribution in [0, 0.1) is 17.0 Å². The number of rotatable bonds is 5. The summed E-state index contributed by atoms with van der Waals surface area (Å²) in [7, 11) is 0. The fourth-order valence-electron chi connectivity index (χ4n) is 1.41. The predicted octanol–water partition coefficient (Wildman–Crippen LogP) is 3.35. The average molecular weight is 365 g/mol. The van der Waals surface area contributed by atoms with Gasteiger partial charge in [-0.3, -0.25) is 4.79 Å². The molecule has 0 bridgehead atoms. The number of carbonyl (C=O) groups excluding carboxylic acids is 1. The van der Waals surface area contributed by atoms with E-state index in [1.807, 2.05) is 0 Å². The topological polar surface area (TPSA) is 78.4 Å². The highest BCUT2D eigenvalue weighted by Gasteiger charge is 2.31. The number of hydrogen-bond acceptors (Lipinski definition) is 2. The van der Waals surface area contributed by atoms with Crippen molar-refractivity contribution in [2.75, 3.05) is 11.9 Å². The lowest BCUT2D eigenvalue weighted by molar-refractivity contribution is -0.147. The molecule has 0 radical (unpaired) electrons. The molecule has 1 atom stereocenters. The SMILES string of the molecule is CCC(C)(CNC(=O)Nc1cc(Br)c(F)cc1F)C(=O)O. The van der Waals surface area contributed by atoms with Gasteiger partial charge < -0.3 is 15.7 Å². The van der Waals surface area contributed by atoms with Crippen molar-refractivity contribution in [3.63, 3.8) is 0 Å². The van der Waals surface area contributed by atoms with E-state index < -0.39 is 29.0 Å². The standard InChI is InChI=1S/C13H15BrF2N2O3/c1-3-13(2,11(19)20)6-17-12(21)18-10-4-7(14)8(15)5-9(10)16/h4-5H,3,6H2,1-2H3,(H,19,20)(H2,17,18,21). The van der Waals surface area contributed by atoms with Crippen LogP contribution in [-0.4, -0.2) is 23.7 Å². The first-order chi connectivity index (χ1) is 9.69. The summed E-state index contributed by atoms with van der Waals surface area (Å²) in [6.07, 6.45) is 0.319. The van der Waals surface area contributed by atoms with E-state index in [1.165, 1.54) is 6.92 Å². The summed E-state index contributed by atoms with van der Waals surface area (Å²) in [5.74, 6) is -2.76. The monoisotopic (exact) mass is 364 g/mol. The Kier molecular flexibility index (Phi) is 5.65. The van der Waals surface area contributed by atoms with E-state index in [-0.39, 0.29) is 16.7 Å². The van der Waals surface area contributed by atoms with E-state index in [0.717, 1.165) is 6.07 Å². The van der Waals surface area contributed by atoms with Gasteiger partial charge in [0.25, 0.3) is 0 Å². The first-order valence-corrected chi connectivity index (χ1v) is 6.91. The summed E-state index contributed by atoms with van der Waals surface area (Å²) >= 11 is 2.88. The minimum Gasteiger partial charge on any atom is -0.481 e. The number of carboxylic acids is 1. The van der Waals surface area contributed by atoms with Gasteiger partial charge in [-0.25, -0.2) is 13.6 Å². The number of benzene rings is 1. The van der Waals surface area contributed by atoms with E-state index in [0.29, 0.717) is 12.5 Å². The zero-order valence-electron chi connectivity index (χ0n) is 11.5. The lowest BCUT2D eigenvalue weighted by Crippen LogP contribution is -2.42. The Balaban J connectivity index is 2.71. The highest BCUT2D eigenvalue weighted by atomic mass is 79.9. The number of hydrogen-bond donors (Lipinski definition) is 3. The maximum Gasteiger partial charge on any atom is 0.319 e. The number of carboxylic acid groups (broad SMARTS) is 1. The van der Waals surface area contributed by atoms with Crippen LogP contribution in [-0.2, 0) is 4.79 Å². The molecule has 21 heavy (non-hydrogen) atoms. The molecule has 8 heteroatoms. The predicted molar refractivity (Wildman–Crippen MR) is 77.1 cm³/mol. The van der Waals surface area contributed by atoms with Gasteiger partial charge in [0.05, 0.1) is 15.6 Å². The summed E-state index contributed by atoms with van der Waals surface area (Å²) in [6, 6.07) is 0.946. The van der Waals surface area contributed by atoms with E-state index in [1.54, 1.807) is 6.92 Å². The second-order valence-corrected chi connectivity index (χ2v) is 5.63. The van der Waals surface area contributed by atoms with Crippen LogP contribution in [0.5, 0.6) is 0 Å². The Labute approximate surface area is 128 Å². The first-order valence-electron chi connectivity index (χ1n) is 6.12. The number of amides is 2. The van der Waals surface area contributed by atoms with E-state index in [4.69, 9.17) is 5.11 Å². The van der Waals surface area contributed by atoms with Gasteiger partial charge in [-0.2, -0.15) is 0 Å². The summed E-state index contributed by atoms with van der Waals surface area (Å²) in [5, 5.41) is 13.6. The van der Waals surface area contributed by atoms with Gasteiger partial charge in [-0.1, -0.05) is 6.92 Å². The minimum absolute atomic E-state index is 0.00290. The van der Waals surface area contributed by atoms with Crippen molar-refractivity contribution < 1.29 is 23.5 Å². The third kappa shape index (κ3) is 4.38. The summed E-state index contributed by atoms with van der Waals surface area (Å²) in [6.45, 7) is 3.06. The molecular formula is C13H15BrF2N2O3. The Morgan fingerprint density at radius 1 is 1.33 bits per heavy atom. The third-order valence-electron chi connectivity index (χ3n) is 3.19. The number of nitrogens with one attached hydrogen (secondary N) is 2. The second kappa shape index (κ2) is 6.84. The molecule has 0 saturated carbocycles. The molecular weight excluding hydrogens is 350 g/mol. The molecule has 0 saturated heterocycles. The molecule has 1 aromatic carbocycles. The number of aliphatic carboxylic acids is 1. The second-order valence-electron chi connectivity index (χ2n) is 4.77. The molecule has 1 aromatic rings. The van der Waals surface area contributed by atoms with Crippen LogP contribution in [0.1, 0.15) is 20.3 Å². The largest absolute Gasteiger partial charge is 0.481 e. The van der Waals surface area contributed by atoms with E-state index in [9.17, 15) is 18.4 Å². The van der Waals surface area contributed by atoms with Crippen molar-refractivity contribution in [1.29, 1.82) is 0 Å². The van der Waals surface area contributed by atoms with Crippen LogP contribution in [0.3, 0.4) is 0 Å². The molecule has 0 spiro atoms. The van der Waals surface area contributed by atoms with Crippen molar-refractivity contribution in [3.8, 4) is 0 Å². The molecule has 5 nitrogen and oxygen atoms in total. The summed E-state index contributed by atoms with van der Waals surface area (Å²) < 4.78 is 26.5. The number of halogens is 3. The number of carbonyl (C=O) groups is 2. The summed E-state index contributed by atoms with van der Waals surface area (Å²) in [5.41, 5.74) is -1.33. The molecule has 3 N–H and O–H groups in total. The first kappa shape index (κ1) is 17.4. The molecule has 0 heterocycles. The minimum atomic E-state index is -1.11. The summed E-state index contributed by atoms with van der Waals surface area (Å²) in [4.78, 5) is 22.7. The Morgan fingerprint density at radius 3 is 2.48 bits per heavy atom. The van der Waals surface area contributed by atoms with Gasteiger partial charge >= 0.3 is 12.0 Å². The highest BCUT2D eigenvalue weighted by Crippen LogP contribution is 2.24. The Bertz CT molecular complexity index is 569. The van der Waals surface area contributed by atoms with Crippen LogP contribution in [0.15, 0.2) is 16.6 Å². The number of anilines is 1. The smallest absolute Gasteiger partial charge is 0.319 e. The molecule has 0 aromatic heterocycles. The van der Waals surface area contributed by atoms with Crippen molar-refractivity contribution >= 4 is 33.6 Å². The molecule has 0 aliphatic rings. The van der Waals surface area contributed by atoms with Crippen LogP contribution < -0.4 is 10.6 Å². The fourth-order valence-corrected chi connectivity index (χ4v) is 1.76. The van der Waals surface area contributed by atoms with Crippen molar-refractivity contribution in [2.24, 2.45) is 5.41 Å². The van der Waals surface area contributed by atoms with Gasteiger partial charge in [-0.15, -0.1) is 0 Å². The average Bonchev–Trinajstić information content (AvgIpc) is 2.42. The molecule has 0 fully saturated rings. The van der Waals surface area contributed by atoms with E-state index in [2.05, 4.69) is 26.6 Å². The van der Waals surface area contributed by atoms with Crippen LogP contribution in [0.25, 0.3) is 0 Å². The zero-order valence-corrected chi connectivity index (χ0v) is 13.1. The Hall–Kier alpha value is -1.70. The van der Waals surface area contributed by atoms with Crippen LogP contribution >= 0.6 is 15.9 Å². The molecule has 116 valence electrons. The zero-order chi connectivity index (χ0) is 16.2. The van der Waals surface area contributed by atoms with Gasteiger partial charge in [-0.05, 0) is 35.3 Å². The molecule has 1 unspecified atom stereocenters. The normalized spacial score (nSPS) is 13.4. The maximum absolute atomic E-state index is 13.5. The molecule has 1 rings (SSSR count). The highest BCUT2D eigenvalue weighted by molar-refractivity contribution is 9.10. The lowest BCUT2D eigenvalue weighted by Gasteiger charge is -2.23. The number of urea groups is 1. The van der Waals surface area contributed by atoms with Crippen LogP contribution in [0.4, 0.5) is 19.3 Å². The van der Waals surface area contributed by atoms with Crippen LogP contribution in [0.2, 0.25) is 0 Å². The Morgan fingerprint density at radius 2 is 1.95 bits per heavy atom. The molecule has 0 aliphatic carbocycles. The van der Waals surface area contributed by atoms with E-state index >= 15 is 0 Å². The molecule has 0 aliphatic heterocycles. The van der Waals surface area contributed by atoms with Crippen molar-refractivity contribution in [2.45, 2.75) is 20.3 Å². The fraction of sp³-hybridized carbons (Fsp3) is 0.385.